The molecule has 0 aliphatic carbocycles. The summed E-state index contributed by atoms with van der Waals surface area (Å²) >= 11 is 0. The van der Waals surface area contributed by atoms with Crippen LogP contribution in [0.1, 0.15) is 77.6 Å². The van der Waals surface area contributed by atoms with E-state index in [1.165, 1.54) is 38.5 Å². The Balaban J connectivity index is 0. The van der Waals surface area contributed by atoms with Gasteiger partial charge in [-0.1, -0.05) is 58.3 Å². The molecule has 0 aliphatic heterocycles. The lowest BCUT2D eigenvalue weighted by atomic mass is 10.1. The van der Waals surface area contributed by atoms with Gasteiger partial charge >= 0.3 is 11.9 Å². The van der Waals surface area contributed by atoms with Crippen molar-refractivity contribution in [1.29, 1.82) is 0 Å². The monoisotopic (exact) mass is 421 g/mol. The number of aliphatic carboxylic acids is 2. The molecule has 9 nitrogen and oxygen atoms in total. The van der Waals surface area contributed by atoms with E-state index in [4.69, 9.17) is 20.4 Å². The molecule has 29 heavy (non-hydrogen) atoms. The standard InChI is InChI=1S/C16H29NO5.C4H10O3/c1-2-3-4-5-6-7-8-9-10-11-14(18)17-13(16(21)22)12-15(19)20;5-1-3-7-4-2-6/h13H,2-12H2,1H3,(H,17,18)(H,19,20)(H,21,22);5-6H,1-4H2. The van der Waals surface area contributed by atoms with Crippen LogP contribution in [0.25, 0.3) is 0 Å². The predicted molar refractivity (Wildman–Crippen MR) is 109 cm³/mol. The SMILES string of the molecule is CCCCCCCCCCCC(=O)NC(CC(=O)O)C(=O)O.OCCOCCO. The molecule has 0 aliphatic rings. The lowest BCUT2D eigenvalue weighted by molar-refractivity contribution is -0.147. The van der Waals surface area contributed by atoms with Crippen LogP contribution in [0.4, 0.5) is 0 Å². The number of ether oxygens (including phenoxy) is 1. The summed E-state index contributed by atoms with van der Waals surface area (Å²) in [6.45, 7) is 2.89. The zero-order valence-corrected chi connectivity index (χ0v) is 17.6. The normalized spacial score (nSPS) is 11.3. The fourth-order valence-corrected chi connectivity index (χ4v) is 2.47. The van der Waals surface area contributed by atoms with Gasteiger partial charge in [-0.2, -0.15) is 0 Å². The minimum absolute atomic E-state index is 0.0278. The number of nitrogens with one attached hydrogen (secondary N) is 1. The maximum atomic E-state index is 11.6. The van der Waals surface area contributed by atoms with Crippen LogP contribution in [0.5, 0.6) is 0 Å². The molecule has 0 aromatic heterocycles. The van der Waals surface area contributed by atoms with Crippen molar-refractivity contribution >= 4 is 17.8 Å². The highest BCUT2D eigenvalue weighted by Crippen LogP contribution is 2.10. The summed E-state index contributed by atoms with van der Waals surface area (Å²) in [5.74, 6) is -2.95. The summed E-state index contributed by atoms with van der Waals surface area (Å²) in [6.07, 6.45) is 9.87. The zero-order valence-electron chi connectivity index (χ0n) is 17.6. The van der Waals surface area contributed by atoms with E-state index in [9.17, 15) is 14.4 Å². The number of hydrogen-bond acceptors (Lipinski definition) is 6. The molecular weight excluding hydrogens is 382 g/mol. The summed E-state index contributed by atoms with van der Waals surface area (Å²) in [6, 6.07) is -1.34. The largest absolute Gasteiger partial charge is 0.481 e. The van der Waals surface area contributed by atoms with Gasteiger partial charge in [0.05, 0.1) is 32.8 Å². The van der Waals surface area contributed by atoms with Crippen LogP contribution in [-0.4, -0.2) is 70.7 Å². The topological polar surface area (TPSA) is 153 Å². The van der Waals surface area contributed by atoms with Crippen LogP contribution >= 0.6 is 0 Å². The minimum Gasteiger partial charge on any atom is -0.481 e. The average molecular weight is 422 g/mol. The number of carboxylic acids is 2. The number of carbonyl (C=O) groups is 3. The lowest BCUT2D eigenvalue weighted by Crippen LogP contribution is -2.42. The van der Waals surface area contributed by atoms with Gasteiger partial charge in [-0.25, -0.2) is 4.79 Å². The van der Waals surface area contributed by atoms with Crippen molar-refractivity contribution in [2.24, 2.45) is 0 Å². The molecule has 0 saturated heterocycles. The van der Waals surface area contributed by atoms with Crippen LogP contribution < -0.4 is 5.32 Å². The van der Waals surface area contributed by atoms with E-state index >= 15 is 0 Å². The predicted octanol–water partition coefficient (Wildman–Crippen LogP) is 1.94. The van der Waals surface area contributed by atoms with E-state index in [0.29, 0.717) is 19.6 Å². The summed E-state index contributed by atoms with van der Waals surface area (Å²) in [5.41, 5.74) is 0. The fourth-order valence-electron chi connectivity index (χ4n) is 2.47. The Bertz CT molecular complexity index is 413. The maximum Gasteiger partial charge on any atom is 0.326 e. The smallest absolute Gasteiger partial charge is 0.326 e. The average Bonchev–Trinajstić information content (AvgIpc) is 2.66. The molecule has 0 aromatic carbocycles. The van der Waals surface area contributed by atoms with E-state index in [0.717, 1.165) is 12.8 Å². The molecule has 5 N–H and O–H groups in total. The van der Waals surface area contributed by atoms with Gasteiger partial charge in [0.25, 0.3) is 0 Å². The fraction of sp³-hybridized carbons (Fsp3) is 0.850. The minimum atomic E-state index is -1.34. The first-order valence-corrected chi connectivity index (χ1v) is 10.4. The van der Waals surface area contributed by atoms with Crippen LogP contribution in [0.2, 0.25) is 0 Å². The number of carbonyl (C=O) groups excluding carboxylic acids is 1. The Kier molecular flexibility index (Phi) is 23.0. The van der Waals surface area contributed by atoms with Crippen LogP contribution in [0.15, 0.2) is 0 Å². The second-order valence-corrected chi connectivity index (χ2v) is 6.69. The first kappa shape index (κ1) is 29.5. The molecular formula is C20H39NO8. The molecule has 0 saturated carbocycles. The van der Waals surface area contributed by atoms with Crippen LogP contribution in [0.3, 0.4) is 0 Å². The molecule has 1 unspecified atom stereocenters. The third-order valence-electron chi connectivity index (χ3n) is 3.99. The molecule has 172 valence electrons. The van der Waals surface area contributed by atoms with E-state index in [1.54, 1.807) is 0 Å². The highest BCUT2D eigenvalue weighted by Gasteiger charge is 2.22. The Morgan fingerprint density at radius 2 is 1.31 bits per heavy atom. The molecule has 0 rings (SSSR count). The molecule has 0 heterocycles. The lowest BCUT2D eigenvalue weighted by Gasteiger charge is -2.12. The first-order valence-electron chi connectivity index (χ1n) is 10.4. The third kappa shape index (κ3) is 24.3. The van der Waals surface area contributed by atoms with E-state index in [2.05, 4.69) is 17.0 Å². The van der Waals surface area contributed by atoms with Gasteiger partial charge < -0.3 is 30.5 Å². The van der Waals surface area contributed by atoms with Gasteiger partial charge in [-0.3, -0.25) is 9.59 Å². The molecule has 1 amide bonds. The number of aliphatic hydroxyl groups is 2. The number of amides is 1. The van der Waals surface area contributed by atoms with Gasteiger partial charge in [0, 0.05) is 6.42 Å². The highest BCUT2D eigenvalue weighted by molar-refractivity contribution is 5.86. The summed E-state index contributed by atoms with van der Waals surface area (Å²) in [7, 11) is 0. The second kappa shape index (κ2) is 22.6. The summed E-state index contributed by atoms with van der Waals surface area (Å²) in [5, 5.41) is 35.8. The van der Waals surface area contributed by atoms with Gasteiger partial charge in [0.15, 0.2) is 0 Å². The molecule has 1 atom stereocenters. The van der Waals surface area contributed by atoms with Crippen molar-refractivity contribution in [2.75, 3.05) is 26.4 Å². The zero-order chi connectivity index (χ0) is 22.3. The van der Waals surface area contributed by atoms with Crippen LogP contribution in [0, 0.1) is 0 Å². The summed E-state index contributed by atoms with van der Waals surface area (Å²) < 4.78 is 4.63. The van der Waals surface area contributed by atoms with Gasteiger partial charge in [-0.05, 0) is 6.42 Å². The molecule has 0 fully saturated rings. The maximum absolute atomic E-state index is 11.6. The number of aliphatic hydroxyl groups excluding tert-OH is 2. The molecule has 0 radical (unpaired) electrons. The van der Waals surface area contributed by atoms with Crippen molar-refractivity contribution in [3.05, 3.63) is 0 Å². The molecule has 0 bridgehead atoms. The van der Waals surface area contributed by atoms with Crippen molar-refractivity contribution in [3.63, 3.8) is 0 Å². The van der Waals surface area contributed by atoms with Gasteiger partial charge in [0.2, 0.25) is 5.91 Å². The number of carboxylic acid groups (broad SMARTS) is 2. The van der Waals surface area contributed by atoms with E-state index in [1.807, 2.05) is 0 Å². The first-order chi connectivity index (χ1) is 13.9. The number of hydrogen-bond donors (Lipinski definition) is 5. The Morgan fingerprint density at radius 3 is 1.72 bits per heavy atom. The van der Waals surface area contributed by atoms with Crippen molar-refractivity contribution < 1.29 is 39.5 Å². The van der Waals surface area contributed by atoms with Gasteiger partial charge in [0.1, 0.15) is 6.04 Å². The Hall–Kier alpha value is -1.71. The highest BCUT2D eigenvalue weighted by atomic mass is 16.5. The van der Waals surface area contributed by atoms with Crippen molar-refractivity contribution in [3.8, 4) is 0 Å². The third-order valence-corrected chi connectivity index (χ3v) is 3.99. The quantitative estimate of drug-likeness (QED) is 0.210. The van der Waals surface area contributed by atoms with E-state index in [-0.39, 0.29) is 19.6 Å². The van der Waals surface area contributed by atoms with E-state index < -0.39 is 30.3 Å². The molecule has 0 spiro atoms. The Labute approximate surface area is 173 Å². The van der Waals surface area contributed by atoms with Crippen molar-refractivity contribution in [2.45, 2.75) is 83.6 Å². The second-order valence-electron chi connectivity index (χ2n) is 6.69. The van der Waals surface area contributed by atoms with Gasteiger partial charge in [-0.15, -0.1) is 0 Å². The summed E-state index contributed by atoms with van der Waals surface area (Å²) in [4.78, 5) is 32.9. The van der Waals surface area contributed by atoms with Crippen molar-refractivity contribution in [1.82, 2.24) is 5.32 Å². The van der Waals surface area contributed by atoms with Crippen LogP contribution in [-0.2, 0) is 19.1 Å². The number of rotatable bonds is 18. The molecule has 0 aromatic rings. The molecule has 9 heteroatoms. The Morgan fingerprint density at radius 1 is 0.828 bits per heavy atom. The number of unbranched alkanes of at least 4 members (excludes halogenated alkanes) is 8.